The van der Waals surface area contributed by atoms with E-state index >= 15 is 0 Å². The number of nitrogens with two attached hydrogens (primary N) is 1. The highest BCUT2D eigenvalue weighted by Crippen LogP contribution is 2.27. The number of fused-ring (bicyclic) bond motifs is 1. The Hall–Kier alpha value is -1.81. The van der Waals surface area contributed by atoms with E-state index in [0.29, 0.717) is 6.10 Å². The van der Waals surface area contributed by atoms with Crippen LogP contribution in [0.4, 0.5) is 11.4 Å². The number of nitrogens with one attached hydrogen (secondary N) is 1. The van der Waals surface area contributed by atoms with Gasteiger partial charge in [-0.3, -0.25) is 4.98 Å². The molecule has 1 fully saturated rings. The van der Waals surface area contributed by atoms with E-state index in [1.54, 1.807) is 6.20 Å². The van der Waals surface area contributed by atoms with Crippen LogP contribution in [0.25, 0.3) is 10.9 Å². The Bertz CT molecular complexity index is 594. The van der Waals surface area contributed by atoms with Crippen molar-refractivity contribution in [2.75, 3.05) is 24.2 Å². The second-order valence-corrected chi connectivity index (χ2v) is 5.65. The Morgan fingerprint density at radius 1 is 1.19 bits per heavy atom. The molecule has 0 saturated heterocycles. The Morgan fingerprint density at radius 3 is 2.90 bits per heavy atom. The summed E-state index contributed by atoms with van der Waals surface area (Å²) in [5.74, 6) is 0. The third-order valence-corrected chi connectivity index (χ3v) is 4.15. The molecule has 3 rings (SSSR count). The Balaban J connectivity index is 1.54. The average Bonchev–Trinajstić information content (AvgIpc) is 2.55. The molecule has 1 heterocycles. The van der Waals surface area contributed by atoms with Gasteiger partial charge in [-0.25, -0.2) is 0 Å². The van der Waals surface area contributed by atoms with Gasteiger partial charge in [0, 0.05) is 18.1 Å². The fourth-order valence-electron chi connectivity index (χ4n) is 2.97. The molecule has 1 aromatic carbocycles. The smallest absolute Gasteiger partial charge is 0.0724 e. The molecular formula is C17H23N3O. The Labute approximate surface area is 125 Å². The lowest BCUT2D eigenvalue weighted by atomic mass is 9.98. The molecular weight excluding hydrogens is 262 g/mol. The van der Waals surface area contributed by atoms with Crippen LogP contribution < -0.4 is 11.1 Å². The summed E-state index contributed by atoms with van der Waals surface area (Å²) in [4.78, 5) is 4.31. The number of ether oxygens (including phenoxy) is 1. The molecule has 0 bridgehead atoms. The first kappa shape index (κ1) is 14.1. The predicted octanol–water partition coefficient (Wildman–Crippen LogP) is 3.58. The van der Waals surface area contributed by atoms with Crippen LogP contribution in [-0.4, -0.2) is 24.2 Å². The quantitative estimate of drug-likeness (QED) is 0.651. The van der Waals surface area contributed by atoms with E-state index in [0.717, 1.165) is 35.4 Å². The lowest BCUT2D eigenvalue weighted by Gasteiger charge is -2.22. The molecule has 112 valence electrons. The maximum absolute atomic E-state index is 6.20. The number of rotatable bonds is 5. The van der Waals surface area contributed by atoms with Crippen molar-refractivity contribution in [3.05, 3.63) is 30.5 Å². The van der Waals surface area contributed by atoms with Gasteiger partial charge >= 0.3 is 0 Å². The predicted molar refractivity (Wildman–Crippen MR) is 87.5 cm³/mol. The monoisotopic (exact) mass is 285 g/mol. The number of pyridine rings is 1. The molecule has 0 aliphatic heterocycles. The van der Waals surface area contributed by atoms with Crippen molar-refractivity contribution in [1.82, 2.24) is 4.98 Å². The second-order valence-electron chi connectivity index (χ2n) is 5.65. The van der Waals surface area contributed by atoms with Crippen LogP contribution in [0.2, 0.25) is 0 Å². The molecule has 1 aliphatic carbocycles. The average molecular weight is 285 g/mol. The molecule has 4 nitrogen and oxygen atoms in total. The summed E-state index contributed by atoms with van der Waals surface area (Å²) in [6, 6.07) is 7.90. The van der Waals surface area contributed by atoms with Crippen molar-refractivity contribution in [2.45, 2.75) is 38.2 Å². The van der Waals surface area contributed by atoms with Crippen LogP contribution in [0.15, 0.2) is 30.5 Å². The van der Waals surface area contributed by atoms with Gasteiger partial charge in [-0.05, 0) is 37.1 Å². The van der Waals surface area contributed by atoms with E-state index in [1.165, 1.54) is 32.1 Å². The van der Waals surface area contributed by atoms with Crippen molar-refractivity contribution in [3.8, 4) is 0 Å². The van der Waals surface area contributed by atoms with Crippen LogP contribution in [0.3, 0.4) is 0 Å². The molecule has 1 saturated carbocycles. The van der Waals surface area contributed by atoms with Gasteiger partial charge in [0.2, 0.25) is 0 Å². The zero-order valence-corrected chi connectivity index (χ0v) is 12.3. The minimum atomic E-state index is 0.457. The summed E-state index contributed by atoms with van der Waals surface area (Å²) in [6.07, 6.45) is 8.64. The van der Waals surface area contributed by atoms with Crippen LogP contribution in [0, 0.1) is 0 Å². The summed E-state index contributed by atoms with van der Waals surface area (Å²) < 4.78 is 5.92. The molecule has 1 aromatic heterocycles. The lowest BCUT2D eigenvalue weighted by Crippen LogP contribution is -2.20. The van der Waals surface area contributed by atoms with Crippen molar-refractivity contribution < 1.29 is 4.74 Å². The van der Waals surface area contributed by atoms with Crippen molar-refractivity contribution in [2.24, 2.45) is 0 Å². The highest BCUT2D eigenvalue weighted by molar-refractivity contribution is 5.96. The maximum Gasteiger partial charge on any atom is 0.0724 e. The fourth-order valence-corrected chi connectivity index (χ4v) is 2.97. The van der Waals surface area contributed by atoms with Gasteiger partial charge in [0.15, 0.2) is 0 Å². The Kier molecular flexibility index (Phi) is 4.55. The number of nitrogen functional groups attached to an aromatic ring is 1. The van der Waals surface area contributed by atoms with Crippen LogP contribution in [-0.2, 0) is 4.74 Å². The molecule has 1 aliphatic rings. The van der Waals surface area contributed by atoms with Crippen molar-refractivity contribution >= 4 is 22.3 Å². The standard InChI is InChI=1S/C17H23N3O/c18-17-14-7-4-10-19-15(14)8-9-16(17)20-11-12-21-13-5-2-1-3-6-13/h4,7-10,13,20H,1-3,5-6,11-12,18H2. The molecule has 3 N–H and O–H groups in total. The van der Waals surface area contributed by atoms with E-state index < -0.39 is 0 Å². The number of anilines is 2. The van der Waals surface area contributed by atoms with Gasteiger partial charge in [0.05, 0.1) is 29.6 Å². The van der Waals surface area contributed by atoms with Gasteiger partial charge < -0.3 is 15.8 Å². The molecule has 2 aromatic rings. The van der Waals surface area contributed by atoms with Crippen LogP contribution in [0.1, 0.15) is 32.1 Å². The van der Waals surface area contributed by atoms with Gasteiger partial charge in [-0.15, -0.1) is 0 Å². The molecule has 21 heavy (non-hydrogen) atoms. The summed E-state index contributed by atoms with van der Waals surface area (Å²) in [6.45, 7) is 1.52. The van der Waals surface area contributed by atoms with Gasteiger partial charge in [0.25, 0.3) is 0 Å². The minimum Gasteiger partial charge on any atom is -0.397 e. The van der Waals surface area contributed by atoms with E-state index in [4.69, 9.17) is 10.5 Å². The van der Waals surface area contributed by atoms with E-state index in [2.05, 4.69) is 10.3 Å². The van der Waals surface area contributed by atoms with Crippen molar-refractivity contribution in [3.63, 3.8) is 0 Å². The highest BCUT2D eigenvalue weighted by Gasteiger charge is 2.13. The molecule has 0 spiro atoms. The molecule has 0 atom stereocenters. The molecule has 0 unspecified atom stereocenters. The van der Waals surface area contributed by atoms with E-state index in [-0.39, 0.29) is 0 Å². The van der Waals surface area contributed by atoms with Crippen LogP contribution >= 0.6 is 0 Å². The first-order valence-electron chi connectivity index (χ1n) is 7.83. The number of hydrogen-bond acceptors (Lipinski definition) is 4. The molecule has 4 heteroatoms. The second kappa shape index (κ2) is 6.76. The SMILES string of the molecule is Nc1c(NCCOC2CCCCC2)ccc2ncccc12. The van der Waals surface area contributed by atoms with Gasteiger partial charge in [-0.1, -0.05) is 19.3 Å². The minimum absolute atomic E-state index is 0.457. The first-order valence-corrected chi connectivity index (χ1v) is 7.83. The van der Waals surface area contributed by atoms with E-state index in [9.17, 15) is 0 Å². The molecule has 0 radical (unpaired) electrons. The summed E-state index contributed by atoms with van der Waals surface area (Å²) in [5, 5.41) is 4.36. The first-order chi connectivity index (χ1) is 10.3. The zero-order valence-electron chi connectivity index (χ0n) is 12.3. The maximum atomic E-state index is 6.20. The Morgan fingerprint density at radius 2 is 2.05 bits per heavy atom. The summed E-state index contributed by atoms with van der Waals surface area (Å²) in [5.41, 5.74) is 8.85. The number of benzene rings is 1. The normalized spacial score (nSPS) is 16.2. The largest absolute Gasteiger partial charge is 0.397 e. The van der Waals surface area contributed by atoms with Gasteiger partial charge in [-0.2, -0.15) is 0 Å². The van der Waals surface area contributed by atoms with Crippen molar-refractivity contribution in [1.29, 1.82) is 0 Å². The highest BCUT2D eigenvalue weighted by atomic mass is 16.5. The number of aromatic nitrogens is 1. The topological polar surface area (TPSA) is 60.2 Å². The van der Waals surface area contributed by atoms with Gasteiger partial charge in [0.1, 0.15) is 0 Å². The third kappa shape index (κ3) is 3.45. The number of hydrogen-bond donors (Lipinski definition) is 2. The fraction of sp³-hybridized carbons (Fsp3) is 0.471. The van der Waals surface area contributed by atoms with Crippen LogP contribution in [0.5, 0.6) is 0 Å². The summed E-state index contributed by atoms with van der Waals surface area (Å²) >= 11 is 0. The zero-order chi connectivity index (χ0) is 14.5. The summed E-state index contributed by atoms with van der Waals surface area (Å²) in [7, 11) is 0. The number of nitrogens with zero attached hydrogens (tertiary/aromatic N) is 1. The third-order valence-electron chi connectivity index (χ3n) is 4.15. The lowest BCUT2D eigenvalue weighted by molar-refractivity contribution is 0.0347. The van der Waals surface area contributed by atoms with E-state index in [1.807, 2.05) is 24.3 Å². The molecule has 0 amide bonds.